The van der Waals surface area contributed by atoms with Crippen LogP contribution in [0.5, 0.6) is 0 Å². The van der Waals surface area contributed by atoms with E-state index < -0.39 is 23.2 Å². The van der Waals surface area contributed by atoms with Crippen LogP contribution in [0.1, 0.15) is 56.3 Å². The van der Waals surface area contributed by atoms with Gasteiger partial charge in [0.05, 0.1) is 17.0 Å². The summed E-state index contributed by atoms with van der Waals surface area (Å²) in [6.07, 6.45) is 4.87. The predicted molar refractivity (Wildman–Crippen MR) is 146 cm³/mol. The largest absolute Gasteiger partial charge is 0.418 e. The molecule has 1 saturated carbocycles. The van der Waals surface area contributed by atoms with Gasteiger partial charge < -0.3 is 14.4 Å². The van der Waals surface area contributed by atoms with Crippen molar-refractivity contribution in [2.24, 2.45) is 13.0 Å². The van der Waals surface area contributed by atoms with E-state index in [0.29, 0.717) is 42.8 Å². The third-order valence-corrected chi connectivity index (χ3v) is 8.77. The number of aryl methyl sites for hydroxylation is 1. The Hall–Kier alpha value is -3.47. The molecule has 0 N–H and O–H groups in total. The van der Waals surface area contributed by atoms with Gasteiger partial charge in [-0.05, 0) is 73.9 Å². The average molecular weight is 573 g/mol. The van der Waals surface area contributed by atoms with E-state index in [4.69, 9.17) is 0 Å². The Kier molecular flexibility index (Phi) is 6.83. The standard InChI is InChI=1S/C30H33F5N6/c1-19-40(24-13-22(12-23(31)14-24)27(21-5-4-6-21)28-37-36-18-38(28)3)17-26-25(30(33,34)35)11-20(16-41(19)26)15-39-9-7-29(2,32)8-10-39/h11-14,16-18,21,27H,1,4-10,15H2,2-3H3. The number of likely N-dealkylation sites (tertiary alicyclic amines) is 1. The van der Waals surface area contributed by atoms with Crippen molar-refractivity contribution in [1.82, 2.24) is 24.6 Å². The minimum absolute atomic E-state index is 0.0733. The fourth-order valence-electron chi connectivity index (χ4n) is 6.19. The lowest BCUT2D eigenvalue weighted by molar-refractivity contribution is -0.0909. The first kappa shape index (κ1) is 27.7. The predicted octanol–water partition coefficient (Wildman–Crippen LogP) is 6.53. The third kappa shape index (κ3) is 5.31. The van der Waals surface area contributed by atoms with Crippen molar-refractivity contribution in [3.05, 3.63) is 89.5 Å². The maximum absolute atomic E-state index is 15.1. The second-order valence-electron chi connectivity index (χ2n) is 11.8. The Bertz CT molecular complexity index is 1440. The second kappa shape index (κ2) is 10.1. The highest BCUT2D eigenvalue weighted by Gasteiger charge is 2.44. The highest BCUT2D eigenvalue weighted by atomic mass is 19.4. The maximum atomic E-state index is 15.1. The maximum Gasteiger partial charge on any atom is 0.418 e. The molecule has 3 aliphatic heterocycles. The summed E-state index contributed by atoms with van der Waals surface area (Å²) < 4.78 is 74.2. The molecule has 2 aromatic rings. The SMILES string of the molecule is C=C1N2C=C(CN3CCC(C)(F)CC3)C=C(C(F)(F)F)C2=CN1c1cc(F)cc(C(c2nncn2C)C2CCC2)c1. The lowest BCUT2D eigenvalue weighted by Crippen LogP contribution is -2.41. The molecule has 1 unspecified atom stereocenters. The Labute approximate surface area is 236 Å². The quantitative estimate of drug-likeness (QED) is 0.368. The molecule has 0 amide bonds. The summed E-state index contributed by atoms with van der Waals surface area (Å²) in [7, 11) is 1.85. The van der Waals surface area contributed by atoms with Crippen LogP contribution in [0, 0.1) is 11.7 Å². The molecule has 4 heterocycles. The van der Waals surface area contributed by atoms with Crippen LogP contribution < -0.4 is 4.90 Å². The summed E-state index contributed by atoms with van der Waals surface area (Å²) in [5.41, 5.74) is -0.590. The van der Waals surface area contributed by atoms with E-state index in [2.05, 4.69) is 16.8 Å². The van der Waals surface area contributed by atoms with Crippen LogP contribution in [0.15, 0.2) is 72.2 Å². The summed E-state index contributed by atoms with van der Waals surface area (Å²) in [6, 6.07) is 4.59. The molecule has 0 radical (unpaired) electrons. The molecular weight excluding hydrogens is 539 g/mol. The van der Waals surface area contributed by atoms with Crippen LogP contribution in [0.3, 0.4) is 0 Å². The zero-order chi connectivity index (χ0) is 29.1. The highest BCUT2D eigenvalue weighted by molar-refractivity contribution is 5.64. The number of benzene rings is 1. The Morgan fingerprint density at radius 3 is 2.44 bits per heavy atom. The number of anilines is 1. The van der Waals surface area contributed by atoms with Crippen molar-refractivity contribution in [2.45, 2.75) is 56.8 Å². The van der Waals surface area contributed by atoms with Crippen molar-refractivity contribution >= 4 is 5.69 Å². The van der Waals surface area contributed by atoms with E-state index in [1.54, 1.807) is 19.5 Å². The van der Waals surface area contributed by atoms with Gasteiger partial charge in [-0.15, -0.1) is 10.2 Å². The van der Waals surface area contributed by atoms with Crippen LogP contribution in [-0.4, -0.2) is 56.0 Å². The minimum atomic E-state index is -4.62. The Morgan fingerprint density at radius 1 is 1.10 bits per heavy atom. The monoisotopic (exact) mass is 572 g/mol. The van der Waals surface area contributed by atoms with Crippen LogP contribution in [0.25, 0.3) is 0 Å². The van der Waals surface area contributed by atoms with Crippen molar-refractivity contribution in [3.63, 3.8) is 0 Å². The van der Waals surface area contributed by atoms with E-state index in [9.17, 15) is 17.6 Å². The number of rotatable bonds is 6. The molecule has 11 heteroatoms. The van der Waals surface area contributed by atoms with Gasteiger partial charge in [0.25, 0.3) is 0 Å². The molecule has 1 aromatic heterocycles. The lowest BCUT2D eigenvalue weighted by atomic mass is 9.72. The van der Waals surface area contributed by atoms with Crippen LogP contribution in [-0.2, 0) is 7.05 Å². The highest BCUT2D eigenvalue weighted by Crippen LogP contribution is 2.46. The number of nitrogens with zero attached hydrogens (tertiary/aromatic N) is 6. The van der Waals surface area contributed by atoms with E-state index in [1.165, 1.54) is 28.1 Å². The number of allylic oxidation sites excluding steroid dienone is 1. The molecule has 0 bridgehead atoms. The molecule has 218 valence electrons. The van der Waals surface area contributed by atoms with Gasteiger partial charge >= 0.3 is 6.18 Å². The summed E-state index contributed by atoms with van der Waals surface area (Å²) >= 11 is 0. The average Bonchev–Trinajstić information content (AvgIpc) is 3.44. The van der Waals surface area contributed by atoms with E-state index in [1.807, 2.05) is 22.6 Å². The summed E-state index contributed by atoms with van der Waals surface area (Å²) in [5, 5.41) is 8.32. The Balaban J connectivity index is 1.33. The molecule has 6 rings (SSSR count). The van der Waals surface area contributed by atoms with Gasteiger partial charge in [-0.1, -0.05) is 13.0 Å². The summed E-state index contributed by atoms with van der Waals surface area (Å²) in [4.78, 5) is 4.89. The smallest absolute Gasteiger partial charge is 0.320 e. The molecule has 0 spiro atoms. The fraction of sp³-hybridized carbons (Fsp3) is 0.467. The number of piperidine rings is 1. The topological polar surface area (TPSA) is 40.4 Å². The van der Waals surface area contributed by atoms with E-state index in [-0.39, 0.29) is 29.9 Å². The molecule has 1 saturated heterocycles. The van der Waals surface area contributed by atoms with Crippen LogP contribution in [0.4, 0.5) is 27.6 Å². The third-order valence-electron chi connectivity index (χ3n) is 8.77. The molecular formula is C30H33F5N6. The lowest BCUT2D eigenvalue weighted by Gasteiger charge is -2.35. The number of aromatic nitrogens is 3. The molecule has 6 nitrogen and oxygen atoms in total. The zero-order valence-corrected chi connectivity index (χ0v) is 23.1. The van der Waals surface area contributed by atoms with Crippen molar-refractivity contribution in [2.75, 3.05) is 24.5 Å². The van der Waals surface area contributed by atoms with Crippen molar-refractivity contribution < 1.29 is 22.0 Å². The number of hydrogen-bond acceptors (Lipinski definition) is 5. The van der Waals surface area contributed by atoms with Gasteiger partial charge in [0.2, 0.25) is 0 Å². The van der Waals surface area contributed by atoms with Gasteiger partial charge in [0.1, 0.15) is 29.5 Å². The first-order valence-electron chi connectivity index (χ1n) is 13.9. The number of alkyl halides is 4. The van der Waals surface area contributed by atoms with Gasteiger partial charge in [0.15, 0.2) is 0 Å². The van der Waals surface area contributed by atoms with Crippen LogP contribution >= 0.6 is 0 Å². The van der Waals surface area contributed by atoms with Crippen LogP contribution in [0.2, 0.25) is 0 Å². The van der Waals surface area contributed by atoms with Gasteiger partial charge in [-0.3, -0.25) is 4.90 Å². The minimum Gasteiger partial charge on any atom is -0.320 e. The van der Waals surface area contributed by atoms with Gasteiger partial charge in [-0.25, -0.2) is 8.78 Å². The van der Waals surface area contributed by atoms with E-state index >= 15 is 4.39 Å². The molecule has 1 atom stereocenters. The molecule has 2 fully saturated rings. The summed E-state index contributed by atoms with van der Waals surface area (Å²) in [5.74, 6) is 0.576. The number of fused-ring (bicyclic) bond motifs is 1. The summed E-state index contributed by atoms with van der Waals surface area (Å²) in [6.45, 7) is 6.85. The van der Waals surface area contributed by atoms with Gasteiger partial charge in [0, 0.05) is 45.0 Å². The second-order valence-corrected chi connectivity index (χ2v) is 11.8. The van der Waals surface area contributed by atoms with Crippen molar-refractivity contribution in [3.8, 4) is 0 Å². The molecule has 41 heavy (non-hydrogen) atoms. The molecule has 1 aromatic carbocycles. The van der Waals surface area contributed by atoms with Crippen molar-refractivity contribution in [1.29, 1.82) is 0 Å². The first-order chi connectivity index (χ1) is 19.4. The molecule has 1 aliphatic carbocycles. The normalized spacial score (nSPS) is 22.2. The first-order valence-corrected chi connectivity index (χ1v) is 13.9. The van der Waals surface area contributed by atoms with E-state index in [0.717, 1.165) is 31.2 Å². The number of halogens is 5. The Morgan fingerprint density at radius 2 is 1.83 bits per heavy atom. The number of hydrogen-bond donors (Lipinski definition) is 0. The fourth-order valence-corrected chi connectivity index (χ4v) is 6.19. The molecule has 4 aliphatic rings. The van der Waals surface area contributed by atoms with Gasteiger partial charge in [-0.2, -0.15) is 13.2 Å². The zero-order valence-electron chi connectivity index (χ0n) is 23.1.